The van der Waals surface area contributed by atoms with Crippen LogP contribution in [0.2, 0.25) is 0 Å². The van der Waals surface area contributed by atoms with Crippen molar-refractivity contribution >= 4 is 27.5 Å². The summed E-state index contributed by atoms with van der Waals surface area (Å²) in [4.78, 5) is 29.0. The van der Waals surface area contributed by atoms with Crippen LogP contribution < -0.4 is 19.1 Å². The second-order valence-electron chi connectivity index (χ2n) is 9.59. The number of amides is 2. The first-order chi connectivity index (χ1) is 19.7. The van der Waals surface area contributed by atoms with Crippen molar-refractivity contribution in [2.75, 3.05) is 29.9 Å². The van der Waals surface area contributed by atoms with Gasteiger partial charge >= 0.3 is 0 Å². The molecule has 0 saturated heterocycles. The van der Waals surface area contributed by atoms with E-state index in [9.17, 15) is 22.4 Å². The van der Waals surface area contributed by atoms with E-state index in [2.05, 4.69) is 5.32 Å². The molecule has 0 bridgehead atoms. The number of hydrogen-bond donors (Lipinski definition) is 1. The van der Waals surface area contributed by atoms with Crippen molar-refractivity contribution in [2.45, 2.75) is 39.3 Å². The van der Waals surface area contributed by atoms with Gasteiger partial charge in [-0.2, -0.15) is 0 Å². The Bertz CT molecular complexity index is 1450. The third kappa shape index (κ3) is 7.55. The van der Waals surface area contributed by atoms with Crippen LogP contribution in [0.1, 0.15) is 31.4 Å². The maximum absolute atomic E-state index is 14.1. The van der Waals surface area contributed by atoms with Crippen molar-refractivity contribution in [1.82, 2.24) is 10.2 Å². The van der Waals surface area contributed by atoms with Gasteiger partial charge in [-0.05, 0) is 48.7 Å². The average Bonchev–Trinajstić information content (AvgIpc) is 3.46. The predicted molar refractivity (Wildman–Crippen MR) is 154 cm³/mol. The Kier molecular flexibility index (Phi) is 9.82. The van der Waals surface area contributed by atoms with E-state index in [0.29, 0.717) is 30.0 Å². The molecule has 0 radical (unpaired) electrons. The maximum atomic E-state index is 14.1. The molecule has 0 aliphatic carbocycles. The van der Waals surface area contributed by atoms with Gasteiger partial charge in [0.2, 0.25) is 28.6 Å². The largest absolute Gasteiger partial charge is 0.454 e. The summed E-state index contributed by atoms with van der Waals surface area (Å²) in [5, 5.41) is 2.88. The molecule has 218 valence electrons. The van der Waals surface area contributed by atoms with Crippen LogP contribution in [0, 0.1) is 5.82 Å². The van der Waals surface area contributed by atoms with Crippen LogP contribution in [0.15, 0.2) is 72.8 Å². The number of nitrogens with zero attached hydrogens (tertiary/aromatic N) is 2. The molecule has 9 nitrogen and oxygen atoms in total. The van der Waals surface area contributed by atoms with E-state index in [1.807, 2.05) is 37.3 Å². The molecular weight excluding hydrogens is 549 g/mol. The van der Waals surface area contributed by atoms with Gasteiger partial charge in [-0.3, -0.25) is 13.9 Å². The number of hydrogen-bond acceptors (Lipinski definition) is 6. The monoisotopic (exact) mass is 583 g/mol. The normalized spacial score (nSPS) is 13.0. The third-order valence-corrected chi connectivity index (χ3v) is 8.45. The van der Waals surface area contributed by atoms with Gasteiger partial charge in [-0.25, -0.2) is 12.8 Å². The Morgan fingerprint density at radius 3 is 2.34 bits per heavy atom. The lowest BCUT2D eigenvalue weighted by Crippen LogP contribution is -2.53. The topological polar surface area (TPSA) is 105 Å². The lowest BCUT2D eigenvalue weighted by Gasteiger charge is -2.33. The molecule has 2 amide bonds. The van der Waals surface area contributed by atoms with E-state index < -0.39 is 34.3 Å². The number of nitrogens with one attached hydrogen (secondary N) is 1. The molecule has 3 aromatic rings. The van der Waals surface area contributed by atoms with Crippen LogP contribution in [-0.2, 0) is 32.6 Å². The first-order valence-corrected chi connectivity index (χ1v) is 15.1. The average molecular weight is 584 g/mol. The van der Waals surface area contributed by atoms with Crippen LogP contribution in [0.5, 0.6) is 11.5 Å². The minimum Gasteiger partial charge on any atom is -0.454 e. The van der Waals surface area contributed by atoms with Gasteiger partial charge in [-0.15, -0.1) is 0 Å². The van der Waals surface area contributed by atoms with Crippen LogP contribution in [0.3, 0.4) is 0 Å². The van der Waals surface area contributed by atoms with E-state index in [0.717, 1.165) is 9.87 Å². The van der Waals surface area contributed by atoms with Crippen molar-refractivity contribution in [3.05, 3.63) is 89.7 Å². The number of carbonyl (C=O) groups excluding carboxylic acids is 2. The zero-order valence-corrected chi connectivity index (χ0v) is 23.9. The summed E-state index contributed by atoms with van der Waals surface area (Å²) in [5.74, 6) is -0.790. The highest BCUT2D eigenvalue weighted by Gasteiger charge is 2.34. The number of anilines is 1. The lowest BCUT2D eigenvalue weighted by molar-refractivity contribution is -0.140. The number of rotatable bonds is 13. The molecule has 1 aliphatic rings. The summed E-state index contributed by atoms with van der Waals surface area (Å²) >= 11 is 0. The van der Waals surface area contributed by atoms with E-state index in [-0.39, 0.29) is 37.1 Å². The number of sulfonamides is 1. The second kappa shape index (κ2) is 13.5. The van der Waals surface area contributed by atoms with Gasteiger partial charge < -0.3 is 19.7 Å². The molecule has 0 spiro atoms. The highest BCUT2D eigenvalue weighted by Crippen LogP contribution is 2.36. The zero-order chi connectivity index (χ0) is 29.4. The fraction of sp³-hybridized carbons (Fsp3) is 0.333. The van der Waals surface area contributed by atoms with Gasteiger partial charge in [0.1, 0.15) is 18.4 Å². The summed E-state index contributed by atoms with van der Waals surface area (Å²) in [6, 6.07) is 18.6. The Hall–Kier alpha value is -4.12. The number of fused-ring (bicyclic) bond motifs is 1. The zero-order valence-electron chi connectivity index (χ0n) is 23.1. The van der Waals surface area contributed by atoms with E-state index >= 15 is 0 Å². The van der Waals surface area contributed by atoms with Crippen LogP contribution in [0.25, 0.3) is 0 Å². The number of benzene rings is 3. The quantitative estimate of drug-likeness (QED) is 0.328. The SMILES string of the molecule is CCCNC(=O)[C@@H](Cc1ccccc1)N(Cc1ccc(F)cc1)C(=O)CN(c1ccc2c(c1)OCO2)S(=O)(=O)CC. The lowest BCUT2D eigenvalue weighted by atomic mass is 10.0. The molecule has 0 unspecified atom stereocenters. The van der Waals surface area contributed by atoms with Crippen LogP contribution in [-0.4, -0.2) is 56.8 Å². The van der Waals surface area contributed by atoms with Crippen molar-refractivity contribution in [3.8, 4) is 11.5 Å². The molecule has 1 heterocycles. The second-order valence-corrected chi connectivity index (χ2v) is 11.8. The smallest absolute Gasteiger partial charge is 0.244 e. The maximum Gasteiger partial charge on any atom is 0.244 e. The molecule has 1 aliphatic heterocycles. The van der Waals surface area contributed by atoms with Gasteiger partial charge in [0, 0.05) is 25.6 Å². The van der Waals surface area contributed by atoms with E-state index in [1.54, 1.807) is 12.1 Å². The summed E-state index contributed by atoms with van der Waals surface area (Å²) in [6.45, 7) is 3.26. The fourth-order valence-corrected chi connectivity index (χ4v) is 5.52. The third-order valence-electron chi connectivity index (χ3n) is 6.71. The number of carbonyl (C=O) groups is 2. The molecular formula is C30H34FN3O6S. The van der Waals surface area contributed by atoms with Gasteiger partial charge in [0.05, 0.1) is 11.4 Å². The predicted octanol–water partition coefficient (Wildman–Crippen LogP) is 3.88. The van der Waals surface area contributed by atoms with E-state index in [4.69, 9.17) is 9.47 Å². The van der Waals surface area contributed by atoms with Gasteiger partial charge in [0.25, 0.3) is 0 Å². The van der Waals surface area contributed by atoms with Crippen LogP contribution in [0.4, 0.5) is 10.1 Å². The highest BCUT2D eigenvalue weighted by atomic mass is 32.2. The highest BCUT2D eigenvalue weighted by molar-refractivity contribution is 7.92. The summed E-state index contributed by atoms with van der Waals surface area (Å²) in [5.41, 5.74) is 1.66. The van der Waals surface area contributed by atoms with Crippen LogP contribution >= 0.6 is 0 Å². The van der Waals surface area contributed by atoms with Gasteiger partial charge in [-0.1, -0.05) is 49.4 Å². The molecule has 4 rings (SSSR count). The molecule has 0 fully saturated rings. The summed E-state index contributed by atoms with van der Waals surface area (Å²) in [6.07, 6.45) is 0.899. The van der Waals surface area contributed by atoms with Crippen molar-refractivity contribution in [3.63, 3.8) is 0 Å². The molecule has 1 N–H and O–H groups in total. The van der Waals surface area contributed by atoms with Crippen molar-refractivity contribution in [1.29, 1.82) is 0 Å². The van der Waals surface area contributed by atoms with Crippen molar-refractivity contribution in [2.24, 2.45) is 0 Å². The first kappa shape index (κ1) is 29.9. The Balaban J connectivity index is 1.73. The van der Waals surface area contributed by atoms with E-state index in [1.165, 1.54) is 42.2 Å². The minimum absolute atomic E-state index is 0.0116. The molecule has 3 aromatic carbocycles. The fourth-order valence-electron chi connectivity index (χ4n) is 4.47. The Morgan fingerprint density at radius 1 is 0.951 bits per heavy atom. The summed E-state index contributed by atoms with van der Waals surface area (Å²) < 4.78 is 52.0. The number of halogens is 1. The molecule has 1 atom stereocenters. The Labute approximate surface area is 239 Å². The Morgan fingerprint density at radius 2 is 1.66 bits per heavy atom. The molecule has 0 saturated carbocycles. The van der Waals surface area contributed by atoms with Crippen molar-refractivity contribution < 1.29 is 31.9 Å². The summed E-state index contributed by atoms with van der Waals surface area (Å²) in [7, 11) is -3.92. The molecule has 0 aromatic heterocycles. The standard InChI is InChI=1S/C30H34FN3O6S/c1-3-16-32-30(36)26(17-22-8-6-5-7-9-22)33(19-23-10-12-24(31)13-11-23)29(35)20-34(41(37,38)4-2)25-14-15-27-28(18-25)40-21-39-27/h5-15,18,26H,3-4,16-17,19-21H2,1-2H3,(H,32,36)/t26-/m1/s1. The van der Waals surface area contributed by atoms with Gasteiger partial charge in [0.15, 0.2) is 11.5 Å². The molecule has 41 heavy (non-hydrogen) atoms. The number of ether oxygens (including phenoxy) is 2. The first-order valence-electron chi connectivity index (χ1n) is 13.5. The minimum atomic E-state index is -3.92. The molecule has 11 heteroatoms.